The van der Waals surface area contributed by atoms with Crippen molar-refractivity contribution in [2.45, 2.75) is 12.2 Å². The second-order valence-electron chi connectivity index (χ2n) is 1.49. The summed E-state index contributed by atoms with van der Waals surface area (Å²) < 4.78 is 64.4. The molecule has 0 radical (unpaired) electrons. The number of ether oxygens (including phenoxy) is 2. The SMILES string of the molecule is COC(F)(F)C(F)(F)OCF. The standard InChI is InChI=1S/C4H5F5O2/c1-10-3(6,7)4(8,9)11-2-5/h2H2,1H3. The first-order valence-corrected chi connectivity index (χ1v) is 2.38. The molecule has 0 aliphatic rings. The van der Waals surface area contributed by atoms with E-state index in [0.717, 1.165) is 0 Å². The second kappa shape index (κ2) is 3.31. The molecule has 68 valence electrons. The zero-order valence-electron chi connectivity index (χ0n) is 5.41. The molecule has 0 N–H and O–H groups in total. The Morgan fingerprint density at radius 2 is 1.55 bits per heavy atom. The van der Waals surface area contributed by atoms with Crippen molar-refractivity contribution >= 4 is 0 Å². The van der Waals surface area contributed by atoms with Gasteiger partial charge < -0.3 is 4.74 Å². The fourth-order valence-electron chi connectivity index (χ4n) is 0.271. The van der Waals surface area contributed by atoms with Gasteiger partial charge in [-0.1, -0.05) is 0 Å². The van der Waals surface area contributed by atoms with E-state index in [-0.39, 0.29) is 0 Å². The number of halogens is 5. The van der Waals surface area contributed by atoms with Crippen molar-refractivity contribution in [1.29, 1.82) is 0 Å². The summed E-state index contributed by atoms with van der Waals surface area (Å²) in [5, 5.41) is 0. The molecule has 0 amide bonds. The first-order valence-electron chi connectivity index (χ1n) is 2.38. The molecule has 2 nitrogen and oxygen atoms in total. The molecule has 0 fully saturated rings. The molecule has 0 aromatic heterocycles. The molecule has 0 atom stereocenters. The largest absolute Gasteiger partial charge is 0.450 e. The third-order valence-electron chi connectivity index (χ3n) is 0.831. The van der Waals surface area contributed by atoms with Gasteiger partial charge in [-0.25, -0.2) is 4.39 Å². The molecule has 0 aliphatic heterocycles. The average molecular weight is 180 g/mol. The molecule has 7 heteroatoms. The summed E-state index contributed by atoms with van der Waals surface area (Å²) in [5.74, 6) is 0. The van der Waals surface area contributed by atoms with E-state index in [1.54, 1.807) is 0 Å². The Hall–Kier alpha value is -0.430. The summed E-state index contributed by atoms with van der Waals surface area (Å²) in [7, 11) is 0.357. The van der Waals surface area contributed by atoms with Gasteiger partial charge in [-0.05, 0) is 0 Å². The highest BCUT2D eigenvalue weighted by molar-refractivity contribution is 4.64. The van der Waals surface area contributed by atoms with Gasteiger partial charge in [0.1, 0.15) is 0 Å². The van der Waals surface area contributed by atoms with Crippen LogP contribution in [0.1, 0.15) is 0 Å². The summed E-state index contributed by atoms with van der Waals surface area (Å²) in [4.78, 5) is 0. The normalized spacial score (nSPS) is 13.6. The highest BCUT2D eigenvalue weighted by Gasteiger charge is 2.59. The minimum Gasteiger partial charge on any atom is -0.317 e. The van der Waals surface area contributed by atoms with E-state index in [2.05, 4.69) is 9.47 Å². The first-order chi connectivity index (χ1) is 4.87. The van der Waals surface area contributed by atoms with Crippen LogP contribution in [0.2, 0.25) is 0 Å². The van der Waals surface area contributed by atoms with Crippen LogP contribution in [0.25, 0.3) is 0 Å². The Morgan fingerprint density at radius 3 is 1.82 bits per heavy atom. The molecule has 0 heterocycles. The van der Waals surface area contributed by atoms with Crippen LogP contribution >= 0.6 is 0 Å². The third kappa shape index (κ3) is 2.26. The van der Waals surface area contributed by atoms with E-state index in [4.69, 9.17) is 0 Å². The zero-order valence-corrected chi connectivity index (χ0v) is 5.41. The van der Waals surface area contributed by atoms with E-state index in [9.17, 15) is 22.0 Å². The molecule has 0 bridgehead atoms. The van der Waals surface area contributed by atoms with Crippen molar-refractivity contribution in [2.75, 3.05) is 14.0 Å². The minimum atomic E-state index is -4.93. The van der Waals surface area contributed by atoms with Crippen LogP contribution in [0.15, 0.2) is 0 Å². The smallest absolute Gasteiger partial charge is 0.317 e. The topological polar surface area (TPSA) is 18.5 Å². The fraction of sp³-hybridized carbons (Fsp3) is 1.00. The van der Waals surface area contributed by atoms with Crippen molar-refractivity contribution in [3.63, 3.8) is 0 Å². The Labute approximate surface area is 58.9 Å². The van der Waals surface area contributed by atoms with E-state index in [1.807, 2.05) is 0 Å². The van der Waals surface area contributed by atoms with E-state index in [1.165, 1.54) is 0 Å². The minimum absolute atomic E-state index is 0.357. The molecular weight excluding hydrogens is 175 g/mol. The molecule has 0 saturated heterocycles. The zero-order chi connectivity index (χ0) is 9.12. The van der Waals surface area contributed by atoms with Gasteiger partial charge in [0.05, 0.1) is 0 Å². The van der Waals surface area contributed by atoms with Crippen molar-refractivity contribution in [2.24, 2.45) is 0 Å². The van der Waals surface area contributed by atoms with Gasteiger partial charge in [-0.3, -0.25) is 4.74 Å². The maximum atomic E-state index is 11.9. The summed E-state index contributed by atoms with van der Waals surface area (Å²) in [5.41, 5.74) is 0. The molecule has 0 aliphatic carbocycles. The maximum absolute atomic E-state index is 11.9. The summed E-state index contributed by atoms with van der Waals surface area (Å²) in [6.07, 6.45) is -9.74. The van der Waals surface area contributed by atoms with Crippen LogP contribution in [-0.4, -0.2) is 26.2 Å². The van der Waals surface area contributed by atoms with Gasteiger partial charge in [-0.15, -0.1) is 0 Å². The van der Waals surface area contributed by atoms with Gasteiger partial charge in [0.15, 0.2) is 6.86 Å². The highest BCUT2D eigenvalue weighted by Crippen LogP contribution is 2.35. The summed E-state index contributed by atoms with van der Waals surface area (Å²) in [6.45, 7) is -2.01. The van der Waals surface area contributed by atoms with E-state index >= 15 is 0 Å². The van der Waals surface area contributed by atoms with Crippen LogP contribution in [-0.2, 0) is 9.47 Å². The van der Waals surface area contributed by atoms with Gasteiger partial charge >= 0.3 is 12.2 Å². The predicted molar refractivity (Wildman–Crippen MR) is 24.0 cm³/mol. The van der Waals surface area contributed by atoms with Gasteiger partial charge in [0, 0.05) is 7.11 Å². The quantitative estimate of drug-likeness (QED) is 0.613. The molecule has 11 heavy (non-hydrogen) atoms. The van der Waals surface area contributed by atoms with Gasteiger partial charge in [0.2, 0.25) is 0 Å². The number of methoxy groups -OCH3 is 1. The Bertz CT molecular complexity index is 126. The lowest BCUT2D eigenvalue weighted by Gasteiger charge is -2.22. The Morgan fingerprint density at radius 1 is 1.09 bits per heavy atom. The van der Waals surface area contributed by atoms with Crippen molar-refractivity contribution in [1.82, 2.24) is 0 Å². The monoisotopic (exact) mass is 180 g/mol. The van der Waals surface area contributed by atoms with Crippen LogP contribution < -0.4 is 0 Å². The summed E-state index contributed by atoms with van der Waals surface area (Å²) >= 11 is 0. The number of hydrogen-bond acceptors (Lipinski definition) is 2. The molecule has 0 unspecified atom stereocenters. The average Bonchev–Trinajstić information content (AvgIpc) is 1.87. The maximum Gasteiger partial charge on any atom is 0.450 e. The van der Waals surface area contributed by atoms with Crippen LogP contribution in [0, 0.1) is 0 Å². The van der Waals surface area contributed by atoms with Crippen molar-refractivity contribution < 1.29 is 31.4 Å². The summed E-state index contributed by atoms with van der Waals surface area (Å²) in [6, 6.07) is 0. The highest BCUT2D eigenvalue weighted by atomic mass is 19.3. The Balaban J connectivity index is 4.26. The van der Waals surface area contributed by atoms with E-state index < -0.39 is 19.1 Å². The Kier molecular flexibility index (Phi) is 3.18. The number of hydrogen-bond donors (Lipinski definition) is 0. The van der Waals surface area contributed by atoms with Crippen molar-refractivity contribution in [3.8, 4) is 0 Å². The molecule has 0 rings (SSSR count). The number of alkyl halides is 5. The lowest BCUT2D eigenvalue weighted by atomic mass is 10.6. The second-order valence-corrected chi connectivity index (χ2v) is 1.49. The van der Waals surface area contributed by atoms with Crippen molar-refractivity contribution in [3.05, 3.63) is 0 Å². The third-order valence-corrected chi connectivity index (χ3v) is 0.831. The first kappa shape index (κ1) is 10.6. The number of rotatable bonds is 4. The lowest BCUT2D eigenvalue weighted by molar-refractivity contribution is -0.430. The van der Waals surface area contributed by atoms with E-state index in [0.29, 0.717) is 7.11 Å². The molecular formula is C4H5F5O2. The van der Waals surface area contributed by atoms with Crippen LogP contribution in [0.4, 0.5) is 22.0 Å². The van der Waals surface area contributed by atoms with Crippen LogP contribution in [0.3, 0.4) is 0 Å². The molecule has 0 aromatic rings. The molecule has 0 aromatic carbocycles. The molecule has 0 saturated carbocycles. The molecule has 0 spiro atoms. The van der Waals surface area contributed by atoms with Gasteiger partial charge in [0.25, 0.3) is 0 Å². The fourth-order valence-corrected chi connectivity index (χ4v) is 0.271. The lowest BCUT2D eigenvalue weighted by Crippen LogP contribution is -2.44. The predicted octanol–water partition coefficient (Wildman–Crippen LogP) is 1.76. The van der Waals surface area contributed by atoms with Gasteiger partial charge in [-0.2, -0.15) is 17.6 Å². The van der Waals surface area contributed by atoms with Crippen LogP contribution in [0.5, 0.6) is 0 Å².